The number of esters is 1. The normalized spacial score (nSPS) is 10.6. The number of methoxy groups -OCH3 is 1. The first-order valence-electron chi connectivity index (χ1n) is 9.12. The molecule has 148 valence electrons. The summed E-state index contributed by atoms with van der Waals surface area (Å²) in [5.41, 5.74) is 2.82. The molecular formula is C22H20FN3O3. The van der Waals surface area contributed by atoms with Gasteiger partial charge in [0.25, 0.3) is 0 Å². The van der Waals surface area contributed by atoms with Gasteiger partial charge < -0.3 is 9.47 Å². The predicted molar refractivity (Wildman–Crippen MR) is 105 cm³/mol. The van der Waals surface area contributed by atoms with E-state index in [1.54, 1.807) is 41.1 Å². The lowest BCUT2D eigenvalue weighted by molar-refractivity contribution is 0.0505. The molecule has 0 fully saturated rings. The second-order valence-electron chi connectivity index (χ2n) is 6.31. The third-order valence-corrected chi connectivity index (χ3v) is 4.27. The second kappa shape index (κ2) is 9.13. The highest BCUT2D eigenvalue weighted by Crippen LogP contribution is 2.32. The second-order valence-corrected chi connectivity index (χ2v) is 6.31. The van der Waals surface area contributed by atoms with Crippen LogP contribution in [0.2, 0.25) is 0 Å². The molecule has 2 aromatic carbocycles. The minimum atomic E-state index is -0.507. The number of benzene rings is 2. The van der Waals surface area contributed by atoms with E-state index in [9.17, 15) is 14.4 Å². The summed E-state index contributed by atoms with van der Waals surface area (Å²) in [6, 6.07) is 14.7. The van der Waals surface area contributed by atoms with Crippen LogP contribution in [-0.4, -0.2) is 29.5 Å². The number of rotatable bonds is 7. The van der Waals surface area contributed by atoms with E-state index in [0.29, 0.717) is 34.5 Å². The molecule has 7 heteroatoms. The van der Waals surface area contributed by atoms with Gasteiger partial charge in [-0.05, 0) is 48.9 Å². The molecule has 3 rings (SSSR count). The van der Waals surface area contributed by atoms with E-state index in [0.717, 1.165) is 0 Å². The Kier molecular flexibility index (Phi) is 6.37. The summed E-state index contributed by atoms with van der Waals surface area (Å²) in [5.74, 6) is -0.853. The Morgan fingerprint density at radius 2 is 2.00 bits per heavy atom. The van der Waals surface area contributed by atoms with Gasteiger partial charge in [0.1, 0.15) is 12.5 Å². The average Bonchev–Trinajstić information content (AvgIpc) is 3.15. The Bertz CT molecular complexity index is 1050. The highest BCUT2D eigenvalue weighted by atomic mass is 19.1. The molecule has 0 aliphatic carbocycles. The maximum absolute atomic E-state index is 13.3. The van der Waals surface area contributed by atoms with Crippen LogP contribution in [0.3, 0.4) is 0 Å². The van der Waals surface area contributed by atoms with E-state index in [4.69, 9.17) is 9.47 Å². The topological polar surface area (TPSA) is 77.1 Å². The summed E-state index contributed by atoms with van der Waals surface area (Å²) in [6.07, 6.45) is 0.690. The summed E-state index contributed by atoms with van der Waals surface area (Å²) in [7, 11) is 1.52. The van der Waals surface area contributed by atoms with E-state index in [-0.39, 0.29) is 24.7 Å². The van der Waals surface area contributed by atoms with Crippen molar-refractivity contribution in [3.63, 3.8) is 0 Å². The van der Waals surface area contributed by atoms with Gasteiger partial charge in [-0.15, -0.1) is 0 Å². The molecule has 0 amide bonds. The maximum Gasteiger partial charge on any atom is 0.338 e. The molecule has 6 nitrogen and oxygen atoms in total. The number of carbonyl (C=O) groups is 1. The van der Waals surface area contributed by atoms with Crippen molar-refractivity contribution in [1.29, 1.82) is 5.26 Å². The first-order valence-corrected chi connectivity index (χ1v) is 9.12. The quantitative estimate of drug-likeness (QED) is 0.556. The molecule has 0 saturated heterocycles. The number of hydrogen-bond donors (Lipinski definition) is 0. The van der Waals surface area contributed by atoms with E-state index >= 15 is 0 Å². The van der Waals surface area contributed by atoms with Gasteiger partial charge in [-0.3, -0.25) is 0 Å². The zero-order valence-corrected chi connectivity index (χ0v) is 16.2. The fourth-order valence-electron chi connectivity index (χ4n) is 2.96. The third-order valence-electron chi connectivity index (χ3n) is 4.27. The van der Waals surface area contributed by atoms with Crippen molar-refractivity contribution in [3.8, 4) is 28.6 Å². The average molecular weight is 393 g/mol. The van der Waals surface area contributed by atoms with Crippen LogP contribution >= 0.6 is 0 Å². The first-order chi connectivity index (χ1) is 14.1. The molecule has 0 saturated carbocycles. The lowest BCUT2D eigenvalue weighted by Crippen LogP contribution is -2.11. The number of nitrogens with zero attached hydrogens (tertiary/aromatic N) is 3. The standard InChI is InChI=1S/C22H20FN3O3/c1-3-11-29-22(27)18-6-4-5-16(13-24)21(18)20-12-19(25-26(20)14-28-2)15-7-9-17(23)10-8-15/h4-10,12H,3,11,14H2,1-2H3. The Balaban J connectivity index is 2.17. The van der Waals surface area contributed by atoms with Crippen molar-refractivity contribution in [1.82, 2.24) is 9.78 Å². The number of aromatic nitrogens is 2. The Hall–Kier alpha value is -3.50. The number of nitriles is 1. The number of hydrogen-bond acceptors (Lipinski definition) is 5. The van der Waals surface area contributed by atoms with E-state index in [1.165, 1.54) is 19.2 Å². The predicted octanol–water partition coefficient (Wildman–Crippen LogP) is 4.40. The number of halogens is 1. The monoisotopic (exact) mass is 393 g/mol. The van der Waals surface area contributed by atoms with Crippen molar-refractivity contribution < 1.29 is 18.7 Å². The molecule has 0 radical (unpaired) electrons. The number of ether oxygens (including phenoxy) is 2. The smallest absolute Gasteiger partial charge is 0.338 e. The SMILES string of the molecule is CCCOC(=O)c1cccc(C#N)c1-c1cc(-c2ccc(F)cc2)nn1COC. The Morgan fingerprint density at radius 3 is 2.66 bits per heavy atom. The fourth-order valence-corrected chi connectivity index (χ4v) is 2.96. The summed E-state index contributed by atoms with van der Waals surface area (Å²) in [6.45, 7) is 2.30. The maximum atomic E-state index is 13.3. The highest BCUT2D eigenvalue weighted by molar-refractivity contribution is 5.98. The van der Waals surface area contributed by atoms with Gasteiger partial charge in [0.15, 0.2) is 0 Å². The molecule has 1 heterocycles. The molecule has 0 atom stereocenters. The minimum Gasteiger partial charge on any atom is -0.462 e. The summed E-state index contributed by atoms with van der Waals surface area (Å²) in [4.78, 5) is 12.6. The van der Waals surface area contributed by atoms with Gasteiger partial charge in [-0.2, -0.15) is 10.4 Å². The molecule has 0 spiro atoms. The Morgan fingerprint density at radius 1 is 1.24 bits per heavy atom. The van der Waals surface area contributed by atoms with Gasteiger partial charge >= 0.3 is 5.97 Å². The number of carbonyl (C=O) groups excluding carboxylic acids is 1. The highest BCUT2D eigenvalue weighted by Gasteiger charge is 2.22. The minimum absolute atomic E-state index is 0.111. The zero-order valence-electron chi connectivity index (χ0n) is 16.2. The molecule has 1 aromatic heterocycles. The van der Waals surface area contributed by atoms with Crippen LogP contribution in [0.4, 0.5) is 4.39 Å². The van der Waals surface area contributed by atoms with Crippen molar-refractivity contribution in [3.05, 3.63) is 65.5 Å². The van der Waals surface area contributed by atoms with Crippen molar-refractivity contribution in [2.45, 2.75) is 20.1 Å². The van der Waals surface area contributed by atoms with Crippen molar-refractivity contribution in [2.75, 3.05) is 13.7 Å². The van der Waals surface area contributed by atoms with Crippen LogP contribution in [0.15, 0.2) is 48.5 Å². The summed E-state index contributed by atoms with van der Waals surface area (Å²) in [5, 5.41) is 14.2. The molecular weight excluding hydrogens is 373 g/mol. The lowest BCUT2D eigenvalue weighted by atomic mass is 9.98. The molecule has 3 aromatic rings. The first kappa shape index (κ1) is 20.2. The summed E-state index contributed by atoms with van der Waals surface area (Å²) >= 11 is 0. The largest absolute Gasteiger partial charge is 0.462 e. The van der Waals surface area contributed by atoms with E-state index < -0.39 is 5.97 Å². The fraction of sp³-hybridized carbons (Fsp3) is 0.227. The zero-order chi connectivity index (χ0) is 20.8. The van der Waals surface area contributed by atoms with Crippen molar-refractivity contribution >= 4 is 5.97 Å². The van der Waals surface area contributed by atoms with Crippen LogP contribution < -0.4 is 0 Å². The lowest BCUT2D eigenvalue weighted by Gasteiger charge is -2.12. The van der Waals surface area contributed by atoms with Gasteiger partial charge in [-0.1, -0.05) is 13.0 Å². The molecule has 0 aliphatic heterocycles. The van der Waals surface area contributed by atoms with Crippen LogP contribution in [0.5, 0.6) is 0 Å². The van der Waals surface area contributed by atoms with Gasteiger partial charge in [0.05, 0.1) is 35.2 Å². The van der Waals surface area contributed by atoms with Crippen LogP contribution in [0.1, 0.15) is 29.3 Å². The van der Waals surface area contributed by atoms with Gasteiger partial charge in [0.2, 0.25) is 0 Å². The van der Waals surface area contributed by atoms with Gasteiger partial charge in [-0.25, -0.2) is 13.9 Å². The van der Waals surface area contributed by atoms with Crippen LogP contribution in [-0.2, 0) is 16.2 Å². The Labute approximate surface area is 168 Å². The summed E-state index contributed by atoms with van der Waals surface area (Å²) < 4.78 is 25.4. The van der Waals surface area contributed by atoms with Crippen molar-refractivity contribution in [2.24, 2.45) is 0 Å². The third kappa shape index (κ3) is 4.33. The van der Waals surface area contributed by atoms with Crippen LogP contribution in [0.25, 0.3) is 22.5 Å². The molecule has 0 aliphatic rings. The van der Waals surface area contributed by atoms with E-state index in [2.05, 4.69) is 11.2 Å². The molecule has 0 unspecified atom stereocenters. The molecule has 0 N–H and O–H groups in total. The molecule has 29 heavy (non-hydrogen) atoms. The van der Waals surface area contributed by atoms with E-state index in [1.807, 2.05) is 6.92 Å². The molecule has 0 bridgehead atoms. The van der Waals surface area contributed by atoms with Gasteiger partial charge in [0, 0.05) is 18.2 Å². The van der Waals surface area contributed by atoms with Crippen LogP contribution in [0, 0.1) is 17.1 Å².